The number of rotatable bonds is 6. The first kappa shape index (κ1) is 16.0. The van der Waals surface area contributed by atoms with E-state index in [4.69, 9.17) is 9.72 Å². The summed E-state index contributed by atoms with van der Waals surface area (Å²) < 4.78 is 7.35. The van der Waals surface area contributed by atoms with Crippen molar-refractivity contribution in [3.63, 3.8) is 0 Å². The second-order valence-corrected chi connectivity index (χ2v) is 7.55. The zero-order valence-electron chi connectivity index (χ0n) is 15.0. The Bertz CT molecular complexity index is 898. The van der Waals surface area contributed by atoms with Gasteiger partial charge in [0.05, 0.1) is 0 Å². The standard InChI is InChI=1S/C19H24N6O/c1-26-12-17-21-19(23-22-17)16-11-24(10-15(16)13-5-6-13)9-14-3-2-4-18-20-7-8-25(14)18/h2-4,7-8,13,15-16H,5-6,9-12H2,1H3,(H,21,22,23)/t15-,16+/m1/s1. The predicted octanol–water partition coefficient (Wildman–Crippen LogP) is 2.22. The molecule has 1 saturated carbocycles. The summed E-state index contributed by atoms with van der Waals surface area (Å²) in [6.07, 6.45) is 6.61. The topological polar surface area (TPSA) is 71.3 Å². The van der Waals surface area contributed by atoms with Gasteiger partial charge in [-0.3, -0.25) is 10.00 Å². The number of hydrogen-bond donors (Lipinski definition) is 1. The molecule has 0 spiro atoms. The van der Waals surface area contributed by atoms with Gasteiger partial charge in [-0.2, -0.15) is 5.10 Å². The molecule has 5 rings (SSSR count). The maximum absolute atomic E-state index is 5.17. The fourth-order valence-corrected chi connectivity index (χ4v) is 4.36. The lowest BCUT2D eigenvalue weighted by Crippen LogP contribution is -2.22. The minimum absolute atomic E-state index is 0.409. The first-order chi connectivity index (χ1) is 12.8. The highest BCUT2D eigenvalue weighted by molar-refractivity contribution is 5.39. The zero-order valence-corrected chi connectivity index (χ0v) is 15.0. The number of nitrogens with zero attached hydrogens (tertiary/aromatic N) is 5. The van der Waals surface area contributed by atoms with E-state index >= 15 is 0 Å². The molecule has 3 aromatic heterocycles. The number of methoxy groups -OCH3 is 1. The van der Waals surface area contributed by atoms with Crippen molar-refractivity contribution in [2.45, 2.75) is 31.9 Å². The van der Waals surface area contributed by atoms with E-state index in [0.717, 1.165) is 42.8 Å². The van der Waals surface area contributed by atoms with Crippen molar-refractivity contribution < 1.29 is 4.74 Å². The zero-order chi connectivity index (χ0) is 17.5. The number of aromatic amines is 1. The highest BCUT2D eigenvalue weighted by atomic mass is 16.5. The average Bonchev–Trinajstić information content (AvgIpc) is 3.05. The Morgan fingerprint density at radius 2 is 2.19 bits per heavy atom. The van der Waals surface area contributed by atoms with Crippen molar-refractivity contribution in [2.24, 2.45) is 11.8 Å². The molecule has 1 N–H and O–H groups in total. The van der Waals surface area contributed by atoms with Crippen LogP contribution >= 0.6 is 0 Å². The van der Waals surface area contributed by atoms with Crippen LogP contribution in [0.15, 0.2) is 30.6 Å². The first-order valence-corrected chi connectivity index (χ1v) is 9.35. The maximum Gasteiger partial charge on any atom is 0.155 e. The van der Waals surface area contributed by atoms with Crippen molar-refractivity contribution in [3.8, 4) is 0 Å². The molecule has 0 amide bonds. The van der Waals surface area contributed by atoms with Crippen LogP contribution < -0.4 is 0 Å². The Kier molecular flexibility index (Phi) is 3.98. The summed E-state index contributed by atoms with van der Waals surface area (Å²) in [4.78, 5) is 11.6. The van der Waals surface area contributed by atoms with Gasteiger partial charge in [-0.25, -0.2) is 9.97 Å². The Hall–Kier alpha value is -2.25. The van der Waals surface area contributed by atoms with E-state index in [2.05, 4.69) is 36.6 Å². The van der Waals surface area contributed by atoms with Crippen LogP contribution in [-0.2, 0) is 17.9 Å². The minimum atomic E-state index is 0.409. The number of fused-ring (bicyclic) bond motifs is 1. The van der Waals surface area contributed by atoms with Gasteiger partial charge in [-0.1, -0.05) is 6.07 Å². The summed E-state index contributed by atoms with van der Waals surface area (Å²) >= 11 is 0. The van der Waals surface area contributed by atoms with E-state index in [0.29, 0.717) is 18.4 Å². The molecule has 0 bridgehead atoms. The van der Waals surface area contributed by atoms with Gasteiger partial charge in [0.2, 0.25) is 0 Å². The smallest absolute Gasteiger partial charge is 0.155 e. The Labute approximate surface area is 152 Å². The third kappa shape index (κ3) is 2.91. The predicted molar refractivity (Wildman–Crippen MR) is 96.5 cm³/mol. The highest BCUT2D eigenvalue weighted by Crippen LogP contribution is 2.47. The molecule has 1 saturated heterocycles. The largest absolute Gasteiger partial charge is 0.377 e. The van der Waals surface area contributed by atoms with Gasteiger partial charge in [-0.05, 0) is 36.8 Å². The van der Waals surface area contributed by atoms with Gasteiger partial charge in [0.15, 0.2) is 11.6 Å². The fourth-order valence-electron chi connectivity index (χ4n) is 4.36. The van der Waals surface area contributed by atoms with Gasteiger partial charge in [0, 0.05) is 50.7 Å². The van der Waals surface area contributed by atoms with Crippen LogP contribution in [0.4, 0.5) is 0 Å². The van der Waals surface area contributed by atoms with Crippen molar-refractivity contribution in [1.82, 2.24) is 29.5 Å². The molecule has 7 heteroatoms. The van der Waals surface area contributed by atoms with Crippen molar-refractivity contribution >= 4 is 5.65 Å². The summed E-state index contributed by atoms with van der Waals surface area (Å²) in [5, 5.41) is 7.53. The van der Waals surface area contributed by atoms with E-state index in [1.807, 2.05) is 18.5 Å². The van der Waals surface area contributed by atoms with Crippen LogP contribution in [0.5, 0.6) is 0 Å². The number of imidazole rings is 1. The molecule has 0 unspecified atom stereocenters. The van der Waals surface area contributed by atoms with E-state index in [9.17, 15) is 0 Å². The van der Waals surface area contributed by atoms with Crippen molar-refractivity contribution in [1.29, 1.82) is 0 Å². The van der Waals surface area contributed by atoms with Crippen LogP contribution in [-0.4, -0.2) is 49.7 Å². The summed E-state index contributed by atoms with van der Waals surface area (Å²) in [6.45, 7) is 3.55. The van der Waals surface area contributed by atoms with Gasteiger partial charge < -0.3 is 9.14 Å². The molecule has 136 valence electrons. The lowest BCUT2D eigenvalue weighted by molar-refractivity contribution is 0.178. The molecule has 2 atom stereocenters. The molecule has 1 aliphatic heterocycles. The summed E-state index contributed by atoms with van der Waals surface area (Å²) in [5.74, 6) is 3.67. The highest BCUT2D eigenvalue weighted by Gasteiger charge is 2.44. The second-order valence-electron chi connectivity index (χ2n) is 7.55. The molecule has 0 radical (unpaired) electrons. The molecule has 1 aliphatic carbocycles. The van der Waals surface area contributed by atoms with Crippen molar-refractivity contribution in [3.05, 3.63) is 47.9 Å². The fraction of sp³-hybridized carbons (Fsp3) is 0.526. The van der Waals surface area contributed by atoms with Crippen LogP contribution in [0, 0.1) is 11.8 Å². The third-order valence-electron chi connectivity index (χ3n) is 5.73. The SMILES string of the molecule is COCc1nc([C@H]2CN(Cc3cccc4nccn34)C[C@@H]2C2CC2)n[nH]1. The molecule has 0 aromatic carbocycles. The lowest BCUT2D eigenvalue weighted by Gasteiger charge is -2.16. The number of pyridine rings is 1. The van der Waals surface area contributed by atoms with E-state index in [1.165, 1.54) is 18.5 Å². The number of ether oxygens (including phenoxy) is 1. The Balaban J connectivity index is 1.37. The number of nitrogens with one attached hydrogen (secondary N) is 1. The van der Waals surface area contributed by atoms with Gasteiger partial charge >= 0.3 is 0 Å². The molecule has 2 fully saturated rings. The molecule has 7 nitrogen and oxygen atoms in total. The molecule has 2 aliphatic rings. The summed E-state index contributed by atoms with van der Waals surface area (Å²) in [5.41, 5.74) is 2.29. The number of hydrogen-bond acceptors (Lipinski definition) is 5. The molecular formula is C19H24N6O. The monoisotopic (exact) mass is 352 g/mol. The van der Waals surface area contributed by atoms with Gasteiger partial charge in [-0.15, -0.1) is 0 Å². The Morgan fingerprint density at radius 1 is 1.27 bits per heavy atom. The first-order valence-electron chi connectivity index (χ1n) is 9.35. The maximum atomic E-state index is 5.17. The lowest BCUT2D eigenvalue weighted by atomic mass is 9.91. The molecule has 3 aromatic rings. The van der Waals surface area contributed by atoms with Crippen LogP contribution in [0.2, 0.25) is 0 Å². The van der Waals surface area contributed by atoms with Crippen LogP contribution in [0.25, 0.3) is 5.65 Å². The van der Waals surface area contributed by atoms with Gasteiger partial charge in [0.1, 0.15) is 12.3 Å². The third-order valence-corrected chi connectivity index (χ3v) is 5.73. The normalized spacial score (nSPS) is 23.9. The second kappa shape index (κ2) is 6.48. The molecular weight excluding hydrogens is 328 g/mol. The Morgan fingerprint density at radius 3 is 3.04 bits per heavy atom. The summed E-state index contributed by atoms with van der Waals surface area (Å²) in [7, 11) is 1.68. The van der Waals surface area contributed by atoms with E-state index < -0.39 is 0 Å². The minimum Gasteiger partial charge on any atom is -0.377 e. The van der Waals surface area contributed by atoms with Crippen LogP contribution in [0.1, 0.15) is 36.1 Å². The van der Waals surface area contributed by atoms with E-state index in [-0.39, 0.29) is 0 Å². The molecule has 4 heterocycles. The number of aromatic nitrogens is 5. The quantitative estimate of drug-likeness (QED) is 0.737. The van der Waals surface area contributed by atoms with E-state index in [1.54, 1.807) is 7.11 Å². The summed E-state index contributed by atoms with van der Waals surface area (Å²) in [6, 6.07) is 6.34. The van der Waals surface area contributed by atoms with Gasteiger partial charge in [0.25, 0.3) is 0 Å². The van der Waals surface area contributed by atoms with Crippen LogP contribution in [0.3, 0.4) is 0 Å². The van der Waals surface area contributed by atoms with Crippen molar-refractivity contribution in [2.75, 3.05) is 20.2 Å². The molecule has 26 heavy (non-hydrogen) atoms. The number of likely N-dealkylation sites (tertiary alicyclic amines) is 1. The number of H-pyrrole nitrogens is 1. The average molecular weight is 352 g/mol.